The second-order valence-electron chi connectivity index (χ2n) is 5.51. The van der Waals surface area contributed by atoms with Crippen LogP contribution in [0, 0.1) is 0 Å². The lowest BCUT2D eigenvalue weighted by Crippen LogP contribution is -2.12. The van der Waals surface area contributed by atoms with E-state index in [4.69, 9.17) is 15.6 Å². The summed E-state index contributed by atoms with van der Waals surface area (Å²) in [4.78, 5) is 4.70. The zero-order valence-corrected chi connectivity index (χ0v) is 12.3. The standard InChI is InChI=1S/C16H17N5O/c1-22-12-6-4-10(5-7-12)13-8-16(19-17)21-15(18-13)9-14(20-21)11-2-3-11/h4-9,11,19H,2-3,17H2,1H3. The van der Waals surface area contributed by atoms with E-state index in [-0.39, 0.29) is 0 Å². The van der Waals surface area contributed by atoms with Gasteiger partial charge in [-0.2, -0.15) is 9.61 Å². The van der Waals surface area contributed by atoms with Crippen molar-refractivity contribution < 1.29 is 4.74 Å². The molecule has 1 aromatic carbocycles. The van der Waals surface area contributed by atoms with E-state index in [0.29, 0.717) is 5.92 Å². The van der Waals surface area contributed by atoms with E-state index >= 15 is 0 Å². The van der Waals surface area contributed by atoms with E-state index in [9.17, 15) is 0 Å². The van der Waals surface area contributed by atoms with Crippen molar-refractivity contribution in [3.63, 3.8) is 0 Å². The third kappa shape index (κ3) is 2.17. The molecule has 3 aromatic rings. The number of hydrazine groups is 1. The van der Waals surface area contributed by atoms with Crippen molar-refractivity contribution in [3.05, 3.63) is 42.1 Å². The molecule has 0 atom stereocenters. The highest BCUT2D eigenvalue weighted by Gasteiger charge is 2.27. The molecule has 0 spiro atoms. The van der Waals surface area contributed by atoms with Crippen LogP contribution in [0.25, 0.3) is 16.9 Å². The van der Waals surface area contributed by atoms with Gasteiger partial charge in [-0.1, -0.05) is 0 Å². The number of rotatable bonds is 4. The third-order valence-corrected chi connectivity index (χ3v) is 3.98. The van der Waals surface area contributed by atoms with E-state index in [1.807, 2.05) is 36.4 Å². The molecule has 0 bridgehead atoms. The van der Waals surface area contributed by atoms with Gasteiger partial charge < -0.3 is 10.2 Å². The SMILES string of the molecule is COc1ccc(-c2cc(NN)n3nc(C4CC4)cc3n2)cc1. The van der Waals surface area contributed by atoms with Crippen molar-refractivity contribution in [2.45, 2.75) is 18.8 Å². The fourth-order valence-electron chi connectivity index (χ4n) is 2.58. The number of ether oxygens (including phenoxy) is 1. The Morgan fingerprint density at radius 3 is 2.64 bits per heavy atom. The second kappa shape index (κ2) is 4.99. The summed E-state index contributed by atoms with van der Waals surface area (Å²) < 4.78 is 6.95. The van der Waals surface area contributed by atoms with Gasteiger partial charge in [0, 0.05) is 23.6 Å². The van der Waals surface area contributed by atoms with Crippen LogP contribution in [-0.2, 0) is 0 Å². The number of hydrogen-bond acceptors (Lipinski definition) is 5. The van der Waals surface area contributed by atoms with Crippen molar-refractivity contribution in [2.75, 3.05) is 12.5 Å². The summed E-state index contributed by atoms with van der Waals surface area (Å²) >= 11 is 0. The molecule has 112 valence electrons. The van der Waals surface area contributed by atoms with Crippen LogP contribution in [0.5, 0.6) is 5.75 Å². The summed E-state index contributed by atoms with van der Waals surface area (Å²) in [5.74, 6) is 7.78. The van der Waals surface area contributed by atoms with E-state index < -0.39 is 0 Å². The first-order valence-corrected chi connectivity index (χ1v) is 7.30. The third-order valence-electron chi connectivity index (χ3n) is 3.98. The highest BCUT2D eigenvalue weighted by molar-refractivity contribution is 5.67. The second-order valence-corrected chi connectivity index (χ2v) is 5.51. The van der Waals surface area contributed by atoms with Crippen LogP contribution in [0.2, 0.25) is 0 Å². The molecule has 6 nitrogen and oxygen atoms in total. The zero-order valence-electron chi connectivity index (χ0n) is 12.3. The summed E-state index contributed by atoms with van der Waals surface area (Å²) in [5, 5.41) is 4.60. The summed E-state index contributed by atoms with van der Waals surface area (Å²) in [6.07, 6.45) is 2.42. The maximum Gasteiger partial charge on any atom is 0.158 e. The predicted octanol–water partition coefficient (Wildman–Crippen LogP) is 2.57. The molecule has 1 saturated carbocycles. The first-order valence-electron chi connectivity index (χ1n) is 7.30. The molecule has 1 aliphatic carbocycles. The van der Waals surface area contributed by atoms with Crippen molar-refractivity contribution >= 4 is 11.5 Å². The molecule has 0 radical (unpaired) electrons. The highest BCUT2D eigenvalue weighted by Crippen LogP contribution is 2.39. The minimum Gasteiger partial charge on any atom is -0.497 e. The Labute approximate surface area is 127 Å². The number of nitrogens with two attached hydrogens (primary N) is 1. The molecule has 4 rings (SSSR count). The van der Waals surface area contributed by atoms with E-state index in [1.165, 1.54) is 12.8 Å². The Hall–Kier alpha value is -2.60. The first kappa shape index (κ1) is 13.1. The monoisotopic (exact) mass is 295 g/mol. The van der Waals surface area contributed by atoms with E-state index in [1.54, 1.807) is 11.6 Å². The summed E-state index contributed by atoms with van der Waals surface area (Å²) in [6, 6.07) is 11.8. The Morgan fingerprint density at radius 1 is 1.23 bits per heavy atom. The Bertz CT molecular complexity index is 820. The number of nitrogens with one attached hydrogen (secondary N) is 1. The molecule has 3 N–H and O–H groups in total. The molecule has 6 heteroatoms. The maximum atomic E-state index is 5.65. The van der Waals surface area contributed by atoms with Crippen LogP contribution in [0.4, 0.5) is 5.82 Å². The van der Waals surface area contributed by atoms with Crippen molar-refractivity contribution in [1.82, 2.24) is 14.6 Å². The van der Waals surface area contributed by atoms with Gasteiger partial charge in [-0.3, -0.25) is 0 Å². The molecule has 22 heavy (non-hydrogen) atoms. The van der Waals surface area contributed by atoms with Crippen LogP contribution in [-0.4, -0.2) is 21.7 Å². The number of nitrogen functional groups attached to an aromatic ring is 1. The lowest BCUT2D eigenvalue weighted by Gasteiger charge is -2.08. The average molecular weight is 295 g/mol. The fourth-order valence-corrected chi connectivity index (χ4v) is 2.58. The Balaban J connectivity index is 1.82. The van der Waals surface area contributed by atoms with Gasteiger partial charge in [-0.05, 0) is 37.1 Å². The van der Waals surface area contributed by atoms with Gasteiger partial charge in [0.2, 0.25) is 0 Å². The van der Waals surface area contributed by atoms with Crippen molar-refractivity contribution in [3.8, 4) is 17.0 Å². The van der Waals surface area contributed by atoms with Gasteiger partial charge in [0.15, 0.2) is 5.65 Å². The summed E-state index contributed by atoms with van der Waals surface area (Å²) in [6.45, 7) is 0. The van der Waals surface area contributed by atoms with Gasteiger partial charge in [-0.15, -0.1) is 0 Å². The average Bonchev–Trinajstić information content (AvgIpc) is 3.33. The minimum absolute atomic E-state index is 0.580. The topological polar surface area (TPSA) is 77.5 Å². The molecule has 2 aromatic heterocycles. The van der Waals surface area contributed by atoms with E-state index in [0.717, 1.165) is 34.2 Å². The molecular weight excluding hydrogens is 278 g/mol. The number of methoxy groups -OCH3 is 1. The normalized spacial score (nSPS) is 14.3. The van der Waals surface area contributed by atoms with Crippen LogP contribution in [0.1, 0.15) is 24.5 Å². The summed E-state index contributed by atoms with van der Waals surface area (Å²) in [7, 11) is 1.65. The lowest BCUT2D eigenvalue weighted by atomic mass is 10.1. The minimum atomic E-state index is 0.580. The number of fused-ring (bicyclic) bond motifs is 1. The van der Waals surface area contributed by atoms with Crippen LogP contribution in [0.15, 0.2) is 36.4 Å². The smallest absolute Gasteiger partial charge is 0.158 e. The molecular formula is C16H17N5O. The van der Waals surface area contributed by atoms with Gasteiger partial charge in [0.05, 0.1) is 18.5 Å². The highest BCUT2D eigenvalue weighted by atomic mass is 16.5. The number of hydrogen-bond donors (Lipinski definition) is 2. The van der Waals surface area contributed by atoms with Crippen LogP contribution >= 0.6 is 0 Å². The quantitative estimate of drug-likeness (QED) is 0.571. The van der Waals surface area contributed by atoms with Gasteiger partial charge in [0.25, 0.3) is 0 Å². The molecule has 1 aliphatic rings. The van der Waals surface area contributed by atoms with Crippen molar-refractivity contribution in [2.24, 2.45) is 5.84 Å². The number of nitrogens with zero attached hydrogens (tertiary/aromatic N) is 3. The van der Waals surface area contributed by atoms with Gasteiger partial charge in [0.1, 0.15) is 11.6 Å². The molecule has 0 unspecified atom stereocenters. The van der Waals surface area contributed by atoms with Gasteiger partial charge >= 0.3 is 0 Å². The molecule has 0 amide bonds. The number of benzene rings is 1. The number of aromatic nitrogens is 3. The molecule has 2 heterocycles. The maximum absolute atomic E-state index is 5.65. The van der Waals surface area contributed by atoms with E-state index in [2.05, 4.69) is 10.5 Å². The Morgan fingerprint density at radius 2 is 2.00 bits per heavy atom. The van der Waals surface area contributed by atoms with Gasteiger partial charge in [-0.25, -0.2) is 10.8 Å². The number of anilines is 1. The summed E-state index contributed by atoms with van der Waals surface area (Å²) in [5.41, 5.74) is 6.47. The lowest BCUT2D eigenvalue weighted by molar-refractivity contribution is 0.415. The first-order chi connectivity index (χ1) is 10.8. The molecule has 0 saturated heterocycles. The zero-order chi connectivity index (χ0) is 15.1. The largest absolute Gasteiger partial charge is 0.497 e. The molecule has 1 fully saturated rings. The Kier molecular flexibility index (Phi) is 2.97. The molecule has 0 aliphatic heterocycles. The van der Waals surface area contributed by atoms with Crippen molar-refractivity contribution in [1.29, 1.82) is 0 Å². The van der Waals surface area contributed by atoms with Crippen LogP contribution < -0.4 is 16.0 Å². The predicted molar refractivity (Wildman–Crippen MR) is 84.8 cm³/mol. The fraction of sp³-hybridized carbons (Fsp3) is 0.250. The van der Waals surface area contributed by atoms with Crippen LogP contribution in [0.3, 0.4) is 0 Å².